The maximum absolute atomic E-state index is 3.66. The molecule has 0 amide bonds. The number of aryl methyl sites for hydroxylation is 1. The number of hydrogen-bond donors (Lipinski definition) is 1. The second-order valence-corrected chi connectivity index (χ2v) is 7.50. The van der Waals surface area contributed by atoms with E-state index in [2.05, 4.69) is 70.1 Å². The topological polar surface area (TPSA) is 12.0 Å². The Hall–Kier alpha value is -0.290. The van der Waals surface area contributed by atoms with E-state index in [1.54, 1.807) is 11.3 Å². The van der Waals surface area contributed by atoms with Crippen molar-refractivity contribution in [2.75, 3.05) is 12.3 Å². The van der Waals surface area contributed by atoms with Gasteiger partial charge in [0.05, 0.1) is 0 Å². The SMILES string of the molecule is CCCNC(CSc1cccc(C)c1)c1cscc1Br. The third-order valence-electron chi connectivity index (χ3n) is 3.06. The fraction of sp³-hybridized carbons (Fsp3) is 0.375. The Balaban J connectivity index is 2.03. The molecule has 1 heterocycles. The number of thioether (sulfide) groups is 1. The second kappa shape index (κ2) is 8.23. The molecule has 0 spiro atoms. The van der Waals surface area contributed by atoms with Crippen molar-refractivity contribution in [1.29, 1.82) is 0 Å². The summed E-state index contributed by atoms with van der Waals surface area (Å²) >= 11 is 7.34. The van der Waals surface area contributed by atoms with Gasteiger partial charge in [-0.2, -0.15) is 11.3 Å². The predicted octanol–water partition coefficient (Wildman–Crippen LogP) is 5.65. The van der Waals surface area contributed by atoms with Gasteiger partial charge < -0.3 is 5.32 Å². The lowest BCUT2D eigenvalue weighted by Gasteiger charge is -2.18. The molecular weight excluding hydrogens is 350 g/mol. The molecule has 1 atom stereocenters. The Labute approximate surface area is 138 Å². The highest BCUT2D eigenvalue weighted by molar-refractivity contribution is 9.10. The zero-order valence-electron chi connectivity index (χ0n) is 11.9. The fourth-order valence-electron chi connectivity index (χ4n) is 2.00. The highest BCUT2D eigenvalue weighted by Crippen LogP contribution is 2.31. The normalized spacial score (nSPS) is 12.6. The third kappa shape index (κ3) is 4.62. The van der Waals surface area contributed by atoms with Crippen molar-refractivity contribution in [2.45, 2.75) is 31.2 Å². The molecule has 20 heavy (non-hydrogen) atoms. The van der Waals surface area contributed by atoms with Gasteiger partial charge in [-0.1, -0.05) is 24.6 Å². The number of benzene rings is 1. The van der Waals surface area contributed by atoms with Gasteiger partial charge in [0.1, 0.15) is 0 Å². The zero-order chi connectivity index (χ0) is 14.4. The van der Waals surface area contributed by atoms with Crippen molar-refractivity contribution in [3.63, 3.8) is 0 Å². The van der Waals surface area contributed by atoms with Gasteiger partial charge in [-0.15, -0.1) is 11.8 Å². The van der Waals surface area contributed by atoms with Crippen LogP contribution in [0.2, 0.25) is 0 Å². The number of rotatable bonds is 7. The summed E-state index contributed by atoms with van der Waals surface area (Å²) in [7, 11) is 0. The van der Waals surface area contributed by atoms with E-state index in [4.69, 9.17) is 0 Å². The van der Waals surface area contributed by atoms with Gasteiger partial charge in [0.2, 0.25) is 0 Å². The van der Waals surface area contributed by atoms with Crippen LogP contribution >= 0.6 is 39.0 Å². The lowest BCUT2D eigenvalue weighted by atomic mass is 10.2. The average Bonchev–Trinajstić information content (AvgIpc) is 2.85. The van der Waals surface area contributed by atoms with Crippen LogP contribution in [0.1, 0.15) is 30.5 Å². The smallest absolute Gasteiger partial charge is 0.0434 e. The Bertz CT molecular complexity index is 539. The van der Waals surface area contributed by atoms with Crippen molar-refractivity contribution in [1.82, 2.24) is 5.32 Å². The van der Waals surface area contributed by atoms with Crippen LogP contribution in [0.5, 0.6) is 0 Å². The van der Waals surface area contributed by atoms with Crippen LogP contribution < -0.4 is 5.32 Å². The molecule has 1 aromatic carbocycles. The number of nitrogens with one attached hydrogen (secondary N) is 1. The van der Waals surface area contributed by atoms with Gasteiger partial charge in [0.25, 0.3) is 0 Å². The van der Waals surface area contributed by atoms with Crippen LogP contribution in [0.4, 0.5) is 0 Å². The van der Waals surface area contributed by atoms with E-state index >= 15 is 0 Å². The Kier molecular flexibility index (Phi) is 6.62. The van der Waals surface area contributed by atoms with E-state index in [1.165, 1.54) is 20.5 Å². The summed E-state index contributed by atoms with van der Waals surface area (Å²) < 4.78 is 1.22. The summed E-state index contributed by atoms with van der Waals surface area (Å²) in [5, 5.41) is 8.06. The van der Waals surface area contributed by atoms with Gasteiger partial charge in [-0.3, -0.25) is 0 Å². The molecule has 2 rings (SSSR count). The number of halogens is 1. The van der Waals surface area contributed by atoms with Crippen LogP contribution in [0.25, 0.3) is 0 Å². The summed E-state index contributed by atoms with van der Waals surface area (Å²) in [5.74, 6) is 1.05. The highest BCUT2D eigenvalue weighted by Gasteiger charge is 2.15. The third-order valence-corrected chi connectivity index (χ3v) is 5.90. The van der Waals surface area contributed by atoms with Crippen molar-refractivity contribution in [3.05, 3.63) is 50.6 Å². The van der Waals surface area contributed by atoms with Crippen LogP contribution in [0, 0.1) is 6.92 Å². The largest absolute Gasteiger partial charge is 0.309 e. The molecule has 2 aromatic rings. The van der Waals surface area contributed by atoms with E-state index in [9.17, 15) is 0 Å². The first kappa shape index (κ1) is 16.1. The molecule has 0 saturated heterocycles. The molecule has 4 heteroatoms. The molecule has 1 nitrogen and oxygen atoms in total. The van der Waals surface area contributed by atoms with E-state index in [-0.39, 0.29) is 0 Å². The first-order valence-electron chi connectivity index (χ1n) is 6.85. The standard InChI is InChI=1S/C16H20BrNS2/c1-3-7-18-16(14-9-19-10-15(14)17)11-20-13-6-4-5-12(2)8-13/h4-6,8-10,16,18H,3,7,11H2,1-2H3. The van der Waals surface area contributed by atoms with Gasteiger partial charge >= 0.3 is 0 Å². The summed E-state index contributed by atoms with van der Waals surface area (Å²) in [4.78, 5) is 1.35. The van der Waals surface area contributed by atoms with E-state index < -0.39 is 0 Å². The quantitative estimate of drug-likeness (QED) is 0.632. The van der Waals surface area contributed by atoms with Crippen molar-refractivity contribution < 1.29 is 0 Å². The summed E-state index contributed by atoms with van der Waals surface area (Å²) in [5.41, 5.74) is 2.70. The molecular formula is C16H20BrNS2. The maximum Gasteiger partial charge on any atom is 0.0434 e. The second-order valence-electron chi connectivity index (χ2n) is 4.81. The maximum atomic E-state index is 3.66. The molecule has 0 bridgehead atoms. The molecule has 0 saturated carbocycles. The minimum absolute atomic E-state index is 0.404. The molecule has 1 unspecified atom stereocenters. The van der Waals surface area contributed by atoms with Crippen molar-refractivity contribution in [2.24, 2.45) is 0 Å². The minimum atomic E-state index is 0.404. The molecule has 0 aliphatic heterocycles. The van der Waals surface area contributed by atoms with Crippen molar-refractivity contribution in [3.8, 4) is 0 Å². The fourth-order valence-corrected chi connectivity index (χ4v) is 4.73. The lowest BCUT2D eigenvalue weighted by Crippen LogP contribution is -2.24. The Morgan fingerprint density at radius 3 is 2.85 bits per heavy atom. The molecule has 1 aromatic heterocycles. The molecule has 0 radical (unpaired) electrons. The van der Waals surface area contributed by atoms with Gasteiger partial charge in [-0.05, 0) is 58.9 Å². The van der Waals surface area contributed by atoms with Crippen LogP contribution in [-0.4, -0.2) is 12.3 Å². The zero-order valence-corrected chi connectivity index (χ0v) is 15.1. The van der Waals surface area contributed by atoms with Gasteiger partial charge in [0, 0.05) is 26.5 Å². The minimum Gasteiger partial charge on any atom is -0.309 e. The van der Waals surface area contributed by atoms with Gasteiger partial charge in [-0.25, -0.2) is 0 Å². The van der Waals surface area contributed by atoms with Crippen molar-refractivity contribution >= 4 is 39.0 Å². The molecule has 0 aliphatic carbocycles. The number of thiophene rings is 1. The first-order chi connectivity index (χ1) is 9.70. The first-order valence-corrected chi connectivity index (χ1v) is 9.57. The monoisotopic (exact) mass is 369 g/mol. The predicted molar refractivity (Wildman–Crippen MR) is 95.0 cm³/mol. The molecule has 0 aliphatic rings. The molecule has 0 fully saturated rings. The molecule has 108 valence electrons. The van der Waals surface area contributed by atoms with Crippen LogP contribution in [0.3, 0.4) is 0 Å². The summed E-state index contributed by atoms with van der Waals surface area (Å²) in [6.07, 6.45) is 1.16. The van der Waals surface area contributed by atoms with Gasteiger partial charge in [0.15, 0.2) is 0 Å². The lowest BCUT2D eigenvalue weighted by molar-refractivity contribution is 0.577. The Morgan fingerprint density at radius 2 is 2.20 bits per heavy atom. The summed E-state index contributed by atoms with van der Waals surface area (Å²) in [6, 6.07) is 9.13. The average molecular weight is 370 g/mol. The molecule has 1 N–H and O–H groups in total. The van der Waals surface area contributed by atoms with E-state index in [0.717, 1.165) is 18.7 Å². The highest BCUT2D eigenvalue weighted by atomic mass is 79.9. The Morgan fingerprint density at radius 1 is 1.35 bits per heavy atom. The van der Waals surface area contributed by atoms with Crippen LogP contribution in [-0.2, 0) is 0 Å². The van der Waals surface area contributed by atoms with E-state index in [0.29, 0.717) is 6.04 Å². The number of hydrogen-bond acceptors (Lipinski definition) is 3. The van der Waals surface area contributed by atoms with E-state index in [1.807, 2.05) is 11.8 Å². The summed E-state index contributed by atoms with van der Waals surface area (Å²) in [6.45, 7) is 5.41. The van der Waals surface area contributed by atoms with Crippen LogP contribution in [0.15, 0.2) is 44.4 Å².